The molecular formula is C44H79NO8P+. The number of phosphoric acid groups is 1. The van der Waals surface area contributed by atoms with Crippen LogP contribution in [0.15, 0.2) is 60.8 Å². The number of quaternary nitrogens is 1. The van der Waals surface area contributed by atoms with Gasteiger partial charge in [0.2, 0.25) is 0 Å². The first-order valence-corrected chi connectivity index (χ1v) is 22.5. The second-order valence-corrected chi connectivity index (χ2v) is 16.4. The molecule has 0 aliphatic rings. The summed E-state index contributed by atoms with van der Waals surface area (Å²) in [4.78, 5) is 35.3. The molecule has 312 valence electrons. The van der Waals surface area contributed by atoms with Gasteiger partial charge < -0.3 is 18.9 Å². The number of nitrogens with zero attached hydrogens (tertiary/aromatic N) is 1. The maximum Gasteiger partial charge on any atom is 0.472 e. The van der Waals surface area contributed by atoms with Crippen molar-refractivity contribution in [1.29, 1.82) is 0 Å². The van der Waals surface area contributed by atoms with Gasteiger partial charge in [0, 0.05) is 12.8 Å². The van der Waals surface area contributed by atoms with Gasteiger partial charge in [0.15, 0.2) is 6.10 Å². The summed E-state index contributed by atoms with van der Waals surface area (Å²) in [5, 5.41) is 0. The summed E-state index contributed by atoms with van der Waals surface area (Å²) in [7, 11) is 1.44. The number of hydrogen-bond donors (Lipinski definition) is 1. The Morgan fingerprint density at radius 1 is 0.593 bits per heavy atom. The summed E-state index contributed by atoms with van der Waals surface area (Å²) in [6.45, 7) is 4.23. The summed E-state index contributed by atoms with van der Waals surface area (Å²) in [6, 6.07) is 0. The first kappa shape index (κ1) is 51.7. The van der Waals surface area contributed by atoms with E-state index in [0.717, 1.165) is 96.3 Å². The van der Waals surface area contributed by atoms with Gasteiger partial charge in [-0.25, -0.2) is 4.57 Å². The van der Waals surface area contributed by atoms with Crippen LogP contribution in [0.2, 0.25) is 0 Å². The molecule has 0 heterocycles. The first-order chi connectivity index (χ1) is 26.0. The number of esters is 2. The second-order valence-electron chi connectivity index (χ2n) is 15.0. The van der Waals surface area contributed by atoms with Gasteiger partial charge in [-0.3, -0.25) is 18.6 Å². The largest absolute Gasteiger partial charge is 0.472 e. The molecule has 0 rings (SSSR count). The monoisotopic (exact) mass is 781 g/mol. The number of ether oxygens (including phenoxy) is 2. The lowest BCUT2D eigenvalue weighted by atomic mass is 10.1. The Morgan fingerprint density at radius 2 is 1.06 bits per heavy atom. The van der Waals surface area contributed by atoms with Crippen molar-refractivity contribution in [3.8, 4) is 0 Å². The van der Waals surface area contributed by atoms with E-state index in [2.05, 4.69) is 74.6 Å². The smallest absolute Gasteiger partial charge is 0.462 e. The summed E-state index contributed by atoms with van der Waals surface area (Å²) in [5.74, 6) is -0.840. The highest BCUT2D eigenvalue weighted by molar-refractivity contribution is 7.47. The van der Waals surface area contributed by atoms with Crippen LogP contribution in [-0.4, -0.2) is 74.9 Å². The third-order valence-electron chi connectivity index (χ3n) is 8.53. The molecule has 0 aliphatic heterocycles. The molecule has 1 N–H and O–H groups in total. The zero-order valence-electron chi connectivity index (χ0n) is 34.9. The lowest BCUT2D eigenvalue weighted by Crippen LogP contribution is -2.37. The number of carbonyl (C=O) groups excluding carboxylic acids is 2. The van der Waals surface area contributed by atoms with E-state index in [4.69, 9.17) is 18.5 Å². The molecule has 0 saturated heterocycles. The van der Waals surface area contributed by atoms with E-state index in [1.165, 1.54) is 25.7 Å². The van der Waals surface area contributed by atoms with Crippen LogP contribution in [0.5, 0.6) is 0 Å². The predicted molar refractivity (Wildman–Crippen MR) is 224 cm³/mol. The third kappa shape index (κ3) is 39.4. The van der Waals surface area contributed by atoms with Crippen molar-refractivity contribution in [3.05, 3.63) is 60.8 Å². The number of phosphoric ester groups is 1. The SMILES string of the molecule is CC/C=C\C/C=C\C/C=C\CCCCCCCC(=O)O[C@H](COC(=O)CCCCCCC/C=C\C/C=C\CCCCC)COP(=O)(O)OCC[N+](C)(C)C. The number of rotatable bonds is 37. The number of carbonyl (C=O) groups is 2. The zero-order chi connectivity index (χ0) is 40.0. The number of hydrogen-bond acceptors (Lipinski definition) is 7. The fourth-order valence-electron chi connectivity index (χ4n) is 5.23. The van der Waals surface area contributed by atoms with Gasteiger partial charge >= 0.3 is 19.8 Å². The van der Waals surface area contributed by atoms with Crippen molar-refractivity contribution in [2.45, 2.75) is 161 Å². The van der Waals surface area contributed by atoms with Crippen molar-refractivity contribution in [2.75, 3.05) is 47.5 Å². The minimum atomic E-state index is -4.38. The van der Waals surface area contributed by atoms with Gasteiger partial charge in [-0.2, -0.15) is 0 Å². The van der Waals surface area contributed by atoms with Gasteiger partial charge in [0.25, 0.3) is 0 Å². The Labute approximate surface area is 330 Å². The van der Waals surface area contributed by atoms with Crippen LogP contribution in [0.3, 0.4) is 0 Å². The number of likely N-dealkylation sites (N-methyl/N-ethyl adjacent to an activating group) is 1. The van der Waals surface area contributed by atoms with E-state index in [1.54, 1.807) is 0 Å². The zero-order valence-corrected chi connectivity index (χ0v) is 35.8. The van der Waals surface area contributed by atoms with Crippen LogP contribution in [-0.2, 0) is 32.7 Å². The van der Waals surface area contributed by atoms with Crippen LogP contribution < -0.4 is 0 Å². The standard InChI is InChI=1S/C44H78NO8P/c1-6-8-10-12-14-16-18-20-22-24-26-28-30-32-34-36-43(46)50-40-42(41-52-54(48,49)51-39-38-45(3,4)5)53-44(47)37-35-33-31-29-27-25-23-21-19-17-15-13-11-9-7-2/h9,11,14-17,20-23,42H,6-8,10,12-13,18-19,24-41H2,1-5H3/p+1/b11-9-,16-14-,17-15-,22-20-,23-21-/t42-/m1/s1. The summed E-state index contributed by atoms with van der Waals surface area (Å²) in [6.07, 6.45) is 42.6. The number of allylic oxidation sites excluding steroid dienone is 10. The Bertz CT molecular complexity index is 1110. The van der Waals surface area contributed by atoms with Crippen molar-refractivity contribution >= 4 is 19.8 Å². The molecule has 0 aromatic heterocycles. The van der Waals surface area contributed by atoms with Gasteiger partial charge in [0.05, 0.1) is 27.7 Å². The highest BCUT2D eigenvalue weighted by Crippen LogP contribution is 2.43. The third-order valence-corrected chi connectivity index (χ3v) is 9.52. The maximum atomic E-state index is 12.7. The van der Waals surface area contributed by atoms with E-state index in [0.29, 0.717) is 17.4 Å². The quantitative estimate of drug-likeness (QED) is 0.0218. The molecule has 0 spiro atoms. The van der Waals surface area contributed by atoms with Crippen LogP contribution in [0.1, 0.15) is 155 Å². The van der Waals surface area contributed by atoms with Gasteiger partial charge in [-0.1, -0.05) is 126 Å². The molecule has 0 amide bonds. The average molecular weight is 781 g/mol. The molecule has 0 saturated carbocycles. The van der Waals surface area contributed by atoms with Crippen molar-refractivity contribution in [2.24, 2.45) is 0 Å². The van der Waals surface area contributed by atoms with Crippen LogP contribution in [0.4, 0.5) is 0 Å². The minimum absolute atomic E-state index is 0.0229. The first-order valence-electron chi connectivity index (χ1n) is 21.0. The van der Waals surface area contributed by atoms with Crippen LogP contribution in [0.25, 0.3) is 0 Å². The average Bonchev–Trinajstić information content (AvgIpc) is 3.12. The van der Waals surface area contributed by atoms with Crippen molar-refractivity contribution in [1.82, 2.24) is 0 Å². The van der Waals surface area contributed by atoms with Crippen molar-refractivity contribution < 1.29 is 42.1 Å². The topological polar surface area (TPSA) is 108 Å². The molecule has 10 heteroatoms. The number of unbranched alkanes of at least 4 members (excludes halogenated alkanes) is 13. The summed E-state index contributed by atoms with van der Waals surface area (Å²) < 4.78 is 34.2. The van der Waals surface area contributed by atoms with E-state index >= 15 is 0 Å². The normalized spacial score (nSPS) is 14.3. The predicted octanol–water partition coefficient (Wildman–Crippen LogP) is 11.7. The molecule has 1 unspecified atom stereocenters. The fraction of sp³-hybridized carbons (Fsp3) is 0.727. The molecule has 0 radical (unpaired) electrons. The maximum absolute atomic E-state index is 12.7. The molecule has 2 atom stereocenters. The molecule has 0 aromatic rings. The molecule has 0 fully saturated rings. The minimum Gasteiger partial charge on any atom is -0.462 e. The Hall–Kier alpha value is -2.29. The van der Waals surface area contributed by atoms with Gasteiger partial charge in [0.1, 0.15) is 19.8 Å². The summed E-state index contributed by atoms with van der Waals surface area (Å²) in [5.41, 5.74) is 0. The highest BCUT2D eigenvalue weighted by Gasteiger charge is 2.27. The Morgan fingerprint density at radius 3 is 1.57 bits per heavy atom. The Kier molecular flexibility index (Phi) is 34.8. The van der Waals surface area contributed by atoms with E-state index < -0.39 is 26.5 Å². The molecule has 9 nitrogen and oxygen atoms in total. The molecule has 0 aliphatic carbocycles. The van der Waals surface area contributed by atoms with Crippen molar-refractivity contribution in [3.63, 3.8) is 0 Å². The lowest BCUT2D eigenvalue weighted by molar-refractivity contribution is -0.870. The van der Waals surface area contributed by atoms with E-state index in [1.807, 2.05) is 21.1 Å². The molecule has 54 heavy (non-hydrogen) atoms. The fourth-order valence-corrected chi connectivity index (χ4v) is 5.97. The Balaban J connectivity index is 4.45. The molecule has 0 bridgehead atoms. The second kappa shape index (κ2) is 36.4. The highest BCUT2D eigenvalue weighted by atomic mass is 31.2. The van der Waals surface area contributed by atoms with E-state index in [-0.39, 0.29) is 32.0 Å². The van der Waals surface area contributed by atoms with Gasteiger partial charge in [-0.05, 0) is 77.0 Å². The molecule has 0 aromatic carbocycles. The van der Waals surface area contributed by atoms with Gasteiger partial charge in [-0.15, -0.1) is 0 Å². The molecular weight excluding hydrogens is 701 g/mol. The van der Waals surface area contributed by atoms with Crippen LogP contribution in [0, 0.1) is 0 Å². The summed E-state index contributed by atoms with van der Waals surface area (Å²) >= 11 is 0. The lowest BCUT2D eigenvalue weighted by Gasteiger charge is -2.24. The van der Waals surface area contributed by atoms with E-state index in [9.17, 15) is 19.0 Å². The van der Waals surface area contributed by atoms with Crippen LogP contribution >= 0.6 is 7.82 Å².